The van der Waals surface area contributed by atoms with Crippen LogP contribution in [0.1, 0.15) is 15.9 Å². The van der Waals surface area contributed by atoms with Crippen molar-refractivity contribution < 1.29 is 13.2 Å². The molecule has 0 aliphatic rings. The van der Waals surface area contributed by atoms with Gasteiger partial charge in [-0.15, -0.1) is 0 Å². The van der Waals surface area contributed by atoms with E-state index in [9.17, 15) is 13.2 Å². The normalized spacial score (nSPS) is 11.4. The van der Waals surface area contributed by atoms with Crippen LogP contribution < -0.4 is 5.32 Å². The Hall–Kier alpha value is -1.86. The van der Waals surface area contributed by atoms with E-state index in [0.29, 0.717) is 0 Å². The molecule has 0 atom stereocenters. The fourth-order valence-corrected chi connectivity index (χ4v) is 2.60. The van der Waals surface area contributed by atoms with Gasteiger partial charge in [0, 0.05) is 31.6 Å². The molecule has 1 heterocycles. The Morgan fingerprint density at radius 2 is 2.14 bits per heavy atom. The molecule has 0 unspecified atom stereocenters. The number of sulfone groups is 1. The molecule has 0 spiro atoms. The van der Waals surface area contributed by atoms with Crippen molar-refractivity contribution in [3.05, 3.63) is 46.7 Å². The number of aryl methyl sites for hydroxylation is 1. The van der Waals surface area contributed by atoms with Crippen LogP contribution in [0.4, 0.5) is 0 Å². The molecule has 0 aliphatic heterocycles. The maximum atomic E-state index is 12.1. The number of benzene rings is 1. The van der Waals surface area contributed by atoms with Crippen LogP contribution in [0.3, 0.4) is 0 Å². The molecule has 8 heteroatoms. The van der Waals surface area contributed by atoms with Crippen molar-refractivity contribution in [1.29, 1.82) is 0 Å². The molecule has 0 bridgehead atoms. The first-order chi connectivity index (χ1) is 9.77. The molecule has 2 aromatic rings. The van der Waals surface area contributed by atoms with E-state index in [-0.39, 0.29) is 22.0 Å². The van der Waals surface area contributed by atoms with Crippen LogP contribution >= 0.6 is 11.6 Å². The summed E-state index contributed by atoms with van der Waals surface area (Å²) in [6.45, 7) is 0.284. The van der Waals surface area contributed by atoms with Gasteiger partial charge in [0.15, 0.2) is 9.84 Å². The third-order valence-corrected chi connectivity index (χ3v) is 4.26. The zero-order valence-corrected chi connectivity index (χ0v) is 13.1. The highest BCUT2D eigenvalue weighted by atomic mass is 35.5. The average Bonchev–Trinajstić information content (AvgIpc) is 2.81. The highest BCUT2D eigenvalue weighted by Crippen LogP contribution is 2.20. The molecule has 112 valence electrons. The summed E-state index contributed by atoms with van der Waals surface area (Å²) in [6.07, 6.45) is 4.48. The summed E-state index contributed by atoms with van der Waals surface area (Å²) in [4.78, 5) is 12.2. The van der Waals surface area contributed by atoms with Crippen LogP contribution in [0.25, 0.3) is 0 Å². The van der Waals surface area contributed by atoms with Gasteiger partial charge in [-0.05, 0) is 18.2 Å². The highest BCUT2D eigenvalue weighted by Gasteiger charge is 2.15. The number of rotatable bonds is 4. The van der Waals surface area contributed by atoms with E-state index in [1.165, 1.54) is 18.2 Å². The second kappa shape index (κ2) is 5.87. The molecule has 0 saturated carbocycles. The molecule has 1 aromatic heterocycles. The summed E-state index contributed by atoms with van der Waals surface area (Å²) < 4.78 is 24.7. The van der Waals surface area contributed by atoms with Gasteiger partial charge in [0.05, 0.1) is 21.7 Å². The minimum Gasteiger partial charge on any atom is -0.348 e. The molecule has 1 N–H and O–H groups in total. The summed E-state index contributed by atoms with van der Waals surface area (Å²) >= 11 is 5.95. The lowest BCUT2D eigenvalue weighted by atomic mass is 10.2. The molecule has 2 rings (SSSR count). The Morgan fingerprint density at radius 1 is 1.43 bits per heavy atom. The largest absolute Gasteiger partial charge is 0.348 e. The van der Waals surface area contributed by atoms with Gasteiger partial charge >= 0.3 is 0 Å². The van der Waals surface area contributed by atoms with Crippen LogP contribution in [0, 0.1) is 0 Å². The van der Waals surface area contributed by atoms with Crippen LogP contribution in [0.5, 0.6) is 0 Å². The van der Waals surface area contributed by atoms with Crippen molar-refractivity contribution in [2.24, 2.45) is 7.05 Å². The first kappa shape index (κ1) is 15.5. The van der Waals surface area contributed by atoms with Crippen molar-refractivity contribution in [2.45, 2.75) is 11.4 Å². The van der Waals surface area contributed by atoms with E-state index in [4.69, 9.17) is 11.6 Å². The molecule has 6 nitrogen and oxygen atoms in total. The summed E-state index contributed by atoms with van der Waals surface area (Å²) in [5, 5.41) is 6.87. The minimum absolute atomic E-state index is 0.0541. The van der Waals surface area contributed by atoms with Crippen LogP contribution in [-0.2, 0) is 23.4 Å². The van der Waals surface area contributed by atoms with E-state index in [0.717, 1.165) is 11.8 Å². The fraction of sp³-hybridized carbons (Fsp3) is 0.231. The van der Waals surface area contributed by atoms with Gasteiger partial charge in [0.2, 0.25) is 0 Å². The van der Waals surface area contributed by atoms with Crippen molar-refractivity contribution in [2.75, 3.05) is 6.26 Å². The van der Waals surface area contributed by atoms with E-state index in [2.05, 4.69) is 10.4 Å². The summed E-state index contributed by atoms with van der Waals surface area (Å²) in [5.41, 5.74) is 0.963. The monoisotopic (exact) mass is 327 g/mol. The number of nitrogens with zero attached hydrogens (tertiary/aromatic N) is 2. The predicted octanol–water partition coefficient (Wildman–Crippen LogP) is 1.41. The fourth-order valence-electron chi connectivity index (χ4n) is 1.75. The number of carbonyl (C=O) groups excluding carboxylic acids is 1. The number of aromatic nitrogens is 2. The highest BCUT2D eigenvalue weighted by molar-refractivity contribution is 7.90. The Labute approximate surface area is 127 Å². The third-order valence-electron chi connectivity index (χ3n) is 2.82. The molecular formula is C13H14ClN3O3S. The van der Waals surface area contributed by atoms with Crippen molar-refractivity contribution in [3.63, 3.8) is 0 Å². The standard InChI is InChI=1S/C13H14ClN3O3S/c1-17-8-9(7-16-17)6-15-13(18)11-5-10(21(2,19)20)3-4-12(11)14/h3-5,7-8H,6H2,1-2H3,(H,15,18). The van der Waals surface area contributed by atoms with Crippen LogP contribution in [0.15, 0.2) is 35.5 Å². The SMILES string of the molecule is Cn1cc(CNC(=O)c2cc(S(C)(=O)=O)ccc2Cl)cn1. The van der Waals surface area contributed by atoms with E-state index in [1.807, 2.05) is 0 Å². The van der Waals surface area contributed by atoms with Crippen molar-refractivity contribution in [1.82, 2.24) is 15.1 Å². The van der Waals surface area contributed by atoms with Gasteiger partial charge in [-0.25, -0.2) is 8.42 Å². The molecule has 21 heavy (non-hydrogen) atoms. The maximum absolute atomic E-state index is 12.1. The smallest absolute Gasteiger partial charge is 0.253 e. The van der Waals surface area contributed by atoms with E-state index < -0.39 is 15.7 Å². The Kier molecular flexibility index (Phi) is 4.34. The number of nitrogens with one attached hydrogen (secondary N) is 1. The van der Waals surface area contributed by atoms with Gasteiger partial charge in [-0.1, -0.05) is 11.6 Å². The van der Waals surface area contributed by atoms with Gasteiger partial charge in [-0.2, -0.15) is 5.10 Å². The minimum atomic E-state index is -3.39. The average molecular weight is 328 g/mol. The maximum Gasteiger partial charge on any atom is 0.253 e. The van der Waals surface area contributed by atoms with E-state index >= 15 is 0 Å². The first-order valence-electron chi connectivity index (χ1n) is 6.02. The number of carbonyl (C=O) groups is 1. The molecular weight excluding hydrogens is 314 g/mol. The Morgan fingerprint density at radius 3 is 2.71 bits per heavy atom. The van der Waals surface area contributed by atoms with Crippen molar-refractivity contribution in [3.8, 4) is 0 Å². The molecule has 0 radical (unpaired) electrons. The van der Waals surface area contributed by atoms with Crippen molar-refractivity contribution >= 4 is 27.3 Å². The number of hydrogen-bond acceptors (Lipinski definition) is 4. The molecule has 0 fully saturated rings. The Bertz CT molecular complexity index is 784. The predicted molar refractivity (Wildman–Crippen MR) is 78.9 cm³/mol. The summed E-state index contributed by atoms with van der Waals surface area (Å²) in [7, 11) is -1.62. The zero-order valence-electron chi connectivity index (χ0n) is 11.5. The number of hydrogen-bond donors (Lipinski definition) is 1. The van der Waals surface area contributed by atoms with Gasteiger partial charge in [0.1, 0.15) is 0 Å². The molecule has 1 aromatic carbocycles. The van der Waals surface area contributed by atoms with Gasteiger partial charge in [0.25, 0.3) is 5.91 Å². The lowest BCUT2D eigenvalue weighted by Gasteiger charge is -2.07. The number of amides is 1. The summed E-state index contributed by atoms with van der Waals surface area (Å²) in [6, 6.07) is 4.04. The second-order valence-corrected chi connectivity index (χ2v) is 7.04. The topological polar surface area (TPSA) is 81.1 Å². The third kappa shape index (κ3) is 3.83. The quantitative estimate of drug-likeness (QED) is 0.920. The van der Waals surface area contributed by atoms with Gasteiger partial charge < -0.3 is 5.32 Å². The lowest BCUT2D eigenvalue weighted by Crippen LogP contribution is -2.23. The number of halogens is 1. The molecule has 0 aliphatic carbocycles. The molecule has 1 amide bonds. The zero-order chi connectivity index (χ0) is 15.6. The second-order valence-electron chi connectivity index (χ2n) is 4.62. The van der Waals surface area contributed by atoms with E-state index in [1.54, 1.807) is 24.1 Å². The summed E-state index contributed by atoms with van der Waals surface area (Å²) in [5.74, 6) is -0.436. The molecule has 0 saturated heterocycles. The van der Waals surface area contributed by atoms with Crippen LogP contribution in [0.2, 0.25) is 5.02 Å². The van der Waals surface area contributed by atoms with Gasteiger partial charge in [-0.3, -0.25) is 9.48 Å². The first-order valence-corrected chi connectivity index (χ1v) is 8.29. The lowest BCUT2D eigenvalue weighted by molar-refractivity contribution is 0.0951. The van der Waals surface area contributed by atoms with Crippen LogP contribution in [-0.4, -0.2) is 30.4 Å². The Balaban J connectivity index is 2.18.